The van der Waals surface area contributed by atoms with Gasteiger partial charge in [-0.25, -0.2) is 0 Å². The van der Waals surface area contributed by atoms with Crippen LogP contribution in [-0.2, 0) is 9.59 Å². The maximum atomic E-state index is 11.6. The Hall–Kier alpha value is -0.900. The van der Waals surface area contributed by atoms with Crippen molar-refractivity contribution in [1.29, 1.82) is 0 Å². The van der Waals surface area contributed by atoms with Crippen molar-refractivity contribution in [1.82, 2.24) is 9.80 Å². The van der Waals surface area contributed by atoms with Crippen LogP contribution >= 0.6 is 0 Å². The van der Waals surface area contributed by atoms with Crippen LogP contribution in [0.5, 0.6) is 0 Å². The predicted octanol–water partition coefficient (Wildman–Crippen LogP) is 0.819. The summed E-state index contributed by atoms with van der Waals surface area (Å²) < 4.78 is 0. The van der Waals surface area contributed by atoms with Crippen LogP contribution in [0.15, 0.2) is 0 Å². The van der Waals surface area contributed by atoms with E-state index < -0.39 is 0 Å². The normalized spacial score (nSPS) is 19.5. The first kappa shape index (κ1) is 13.2. The Balaban J connectivity index is 2.33. The van der Waals surface area contributed by atoms with Crippen molar-refractivity contribution >= 4 is 12.2 Å². The van der Waals surface area contributed by atoms with Crippen molar-refractivity contribution in [3.8, 4) is 0 Å². The van der Waals surface area contributed by atoms with Gasteiger partial charge in [0.25, 0.3) is 0 Å². The second-order valence-electron chi connectivity index (χ2n) is 4.36. The van der Waals surface area contributed by atoms with Gasteiger partial charge in [0, 0.05) is 45.1 Å². The third kappa shape index (κ3) is 3.59. The molecule has 1 fully saturated rings. The molecule has 1 heterocycles. The van der Waals surface area contributed by atoms with Gasteiger partial charge in [0.15, 0.2) is 6.29 Å². The van der Waals surface area contributed by atoms with Gasteiger partial charge in [-0.15, -0.1) is 0 Å². The molecule has 4 heteroatoms. The molecular formula is C12H21N2O2. The largest absolute Gasteiger partial charge is 0.340 e. The van der Waals surface area contributed by atoms with Crippen LogP contribution in [0.25, 0.3) is 0 Å². The fourth-order valence-electron chi connectivity index (χ4n) is 2.03. The molecule has 4 nitrogen and oxygen atoms in total. The molecule has 1 rings (SSSR count). The van der Waals surface area contributed by atoms with Crippen LogP contribution in [0, 0.1) is 0 Å². The molecule has 0 bridgehead atoms. The predicted molar refractivity (Wildman–Crippen MR) is 62.8 cm³/mol. The van der Waals surface area contributed by atoms with E-state index in [0.717, 1.165) is 32.6 Å². The van der Waals surface area contributed by atoms with Gasteiger partial charge in [0.2, 0.25) is 5.91 Å². The third-order valence-corrected chi connectivity index (χ3v) is 3.13. The van der Waals surface area contributed by atoms with Crippen LogP contribution < -0.4 is 0 Å². The topological polar surface area (TPSA) is 40.6 Å². The molecule has 1 aliphatic heterocycles. The quantitative estimate of drug-likeness (QED) is 0.695. The zero-order chi connectivity index (χ0) is 12.0. The van der Waals surface area contributed by atoms with E-state index in [4.69, 9.17) is 0 Å². The minimum atomic E-state index is 0.251. The minimum Gasteiger partial charge on any atom is -0.340 e. The number of amides is 1. The van der Waals surface area contributed by atoms with Gasteiger partial charge < -0.3 is 4.90 Å². The number of piperazine rings is 1. The molecule has 1 amide bonds. The Labute approximate surface area is 97.6 Å². The first-order valence-corrected chi connectivity index (χ1v) is 6.05. The Morgan fingerprint density at radius 3 is 2.44 bits per heavy atom. The molecule has 91 valence electrons. The number of hydrogen-bond acceptors (Lipinski definition) is 3. The van der Waals surface area contributed by atoms with E-state index in [1.165, 1.54) is 0 Å². The van der Waals surface area contributed by atoms with Gasteiger partial charge in [-0.3, -0.25) is 14.5 Å². The molecule has 1 unspecified atom stereocenters. The highest BCUT2D eigenvalue weighted by Crippen LogP contribution is 2.09. The molecule has 0 saturated carbocycles. The van der Waals surface area contributed by atoms with E-state index in [0.29, 0.717) is 12.8 Å². The van der Waals surface area contributed by atoms with Crippen LogP contribution in [0.4, 0.5) is 0 Å². The van der Waals surface area contributed by atoms with E-state index in [1.807, 2.05) is 25.0 Å². The lowest BCUT2D eigenvalue weighted by Gasteiger charge is -2.37. The van der Waals surface area contributed by atoms with Crippen molar-refractivity contribution in [3.63, 3.8) is 0 Å². The Kier molecular flexibility index (Phi) is 5.46. The van der Waals surface area contributed by atoms with Gasteiger partial charge in [-0.1, -0.05) is 6.92 Å². The molecule has 1 aliphatic rings. The summed E-state index contributed by atoms with van der Waals surface area (Å²) in [6.07, 6.45) is 3.97. The summed E-state index contributed by atoms with van der Waals surface area (Å²) in [7, 11) is 0. The molecule has 1 atom stereocenters. The highest BCUT2D eigenvalue weighted by Gasteiger charge is 2.23. The standard InChI is InChI=1S/C12H21N2O2/c1-3-4-12(16)14-8-6-13(7-9-14)11(2)5-10-15/h11H,3-9H2,1-2H3. The average molecular weight is 225 g/mol. The smallest absolute Gasteiger partial charge is 0.222 e. The van der Waals surface area contributed by atoms with Gasteiger partial charge >= 0.3 is 0 Å². The van der Waals surface area contributed by atoms with Crippen LogP contribution in [0.2, 0.25) is 0 Å². The van der Waals surface area contributed by atoms with Crippen molar-refractivity contribution in [2.75, 3.05) is 26.2 Å². The van der Waals surface area contributed by atoms with Gasteiger partial charge in [-0.05, 0) is 13.3 Å². The molecule has 0 aromatic heterocycles. The fourth-order valence-corrected chi connectivity index (χ4v) is 2.03. The maximum absolute atomic E-state index is 11.6. The lowest BCUT2D eigenvalue weighted by atomic mass is 10.2. The van der Waals surface area contributed by atoms with Gasteiger partial charge in [0.1, 0.15) is 0 Å². The number of nitrogens with zero attached hydrogens (tertiary/aromatic N) is 2. The number of carbonyl (C=O) groups excluding carboxylic acids is 2. The first-order chi connectivity index (χ1) is 7.69. The molecular weight excluding hydrogens is 204 g/mol. The Morgan fingerprint density at radius 1 is 1.31 bits per heavy atom. The maximum Gasteiger partial charge on any atom is 0.222 e. The summed E-state index contributed by atoms with van der Waals surface area (Å²) in [6, 6.07) is 0.251. The van der Waals surface area contributed by atoms with E-state index in [-0.39, 0.29) is 11.9 Å². The molecule has 1 saturated heterocycles. The molecule has 0 aromatic carbocycles. The van der Waals surface area contributed by atoms with Gasteiger partial charge in [-0.2, -0.15) is 0 Å². The number of hydrogen-bond donors (Lipinski definition) is 0. The summed E-state index contributed by atoms with van der Waals surface area (Å²) in [5.74, 6) is 0.261. The van der Waals surface area contributed by atoms with E-state index in [9.17, 15) is 9.59 Å². The second kappa shape index (κ2) is 6.63. The lowest BCUT2D eigenvalue weighted by molar-refractivity contribution is -0.133. The highest BCUT2D eigenvalue weighted by molar-refractivity contribution is 5.76. The van der Waals surface area contributed by atoms with Crippen molar-refractivity contribution in [2.45, 2.75) is 39.2 Å². The zero-order valence-electron chi connectivity index (χ0n) is 10.2. The Morgan fingerprint density at radius 2 is 1.94 bits per heavy atom. The summed E-state index contributed by atoms with van der Waals surface area (Å²) >= 11 is 0. The molecule has 0 N–H and O–H groups in total. The second-order valence-corrected chi connectivity index (χ2v) is 4.36. The van der Waals surface area contributed by atoms with E-state index >= 15 is 0 Å². The van der Waals surface area contributed by atoms with Crippen molar-refractivity contribution in [3.05, 3.63) is 0 Å². The fraction of sp³-hybridized carbons (Fsp3) is 0.833. The summed E-state index contributed by atoms with van der Waals surface area (Å²) in [4.78, 5) is 26.1. The molecule has 1 radical (unpaired) electrons. The molecule has 0 aliphatic carbocycles. The third-order valence-electron chi connectivity index (χ3n) is 3.13. The number of carbonyl (C=O) groups is 1. The number of rotatable bonds is 5. The SMILES string of the molecule is CCCC(=O)N1CCN(C(C)C[C]=O)CC1. The van der Waals surface area contributed by atoms with Gasteiger partial charge in [0.05, 0.1) is 0 Å². The zero-order valence-corrected chi connectivity index (χ0v) is 10.2. The molecule has 16 heavy (non-hydrogen) atoms. The van der Waals surface area contributed by atoms with Crippen LogP contribution in [0.3, 0.4) is 0 Å². The summed E-state index contributed by atoms with van der Waals surface area (Å²) in [6.45, 7) is 7.39. The monoisotopic (exact) mass is 225 g/mol. The van der Waals surface area contributed by atoms with E-state index in [1.54, 1.807) is 0 Å². The Bertz CT molecular complexity index is 235. The first-order valence-electron chi connectivity index (χ1n) is 6.05. The average Bonchev–Trinajstić information content (AvgIpc) is 2.30. The van der Waals surface area contributed by atoms with E-state index in [2.05, 4.69) is 4.90 Å². The lowest BCUT2D eigenvalue weighted by Crippen LogP contribution is -2.51. The minimum absolute atomic E-state index is 0.251. The summed E-state index contributed by atoms with van der Waals surface area (Å²) in [5, 5.41) is 0. The van der Waals surface area contributed by atoms with Crippen molar-refractivity contribution < 1.29 is 9.59 Å². The van der Waals surface area contributed by atoms with Crippen LogP contribution in [0.1, 0.15) is 33.1 Å². The highest BCUT2D eigenvalue weighted by atomic mass is 16.2. The summed E-state index contributed by atoms with van der Waals surface area (Å²) in [5.41, 5.74) is 0. The molecule has 0 aromatic rings. The molecule has 0 spiro atoms. The van der Waals surface area contributed by atoms with Crippen LogP contribution in [-0.4, -0.2) is 54.2 Å². The van der Waals surface area contributed by atoms with Crippen molar-refractivity contribution in [2.24, 2.45) is 0 Å².